The van der Waals surface area contributed by atoms with Crippen LogP contribution in [0.2, 0.25) is 0 Å². The molecule has 21 heavy (non-hydrogen) atoms. The lowest BCUT2D eigenvalue weighted by Crippen LogP contribution is -2.08. The predicted octanol–water partition coefficient (Wildman–Crippen LogP) is 2.91. The van der Waals surface area contributed by atoms with Crippen LogP contribution in [0.1, 0.15) is 15.9 Å². The van der Waals surface area contributed by atoms with E-state index in [0.29, 0.717) is 5.69 Å². The van der Waals surface area contributed by atoms with E-state index in [1.54, 1.807) is 0 Å². The van der Waals surface area contributed by atoms with Crippen molar-refractivity contribution in [3.8, 4) is 5.75 Å². The fourth-order valence-corrected chi connectivity index (χ4v) is 1.76. The Kier molecular flexibility index (Phi) is 4.37. The summed E-state index contributed by atoms with van der Waals surface area (Å²) in [6.07, 6.45) is 0. The van der Waals surface area contributed by atoms with Crippen molar-refractivity contribution in [2.45, 2.75) is 6.61 Å². The Hall–Kier alpha value is -2.63. The SMILES string of the molecule is COC(=O)c1ccc(N)cc1OCc1c(F)cccc1F. The van der Waals surface area contributed by atoms with Crippen molar-refractivity contribution in [1.82, 2.24) is 0 Å². The first kappa shape index (κ1) is 14.8. The third-order valence-corrected chi connectivity index (χ3v) is 2.84. The highest BCUT2D eigenvalue weighted by molar-refractivity contribution is 5.93. The standard InChI is InChI=1S/C15H13F2NO3/c1-20-15(19)10-6-5-9(18)7-14(10)21-8-11-12(16)3-2-4-13(11)17/h2-7H,8,18H2,1H3. The lowest BCUT2D eigenvalue weighted by Gasteiger charge is -2.12. The maximum Gasteiger partial charge on any atom is 0.341 e. The van der Waals surface area contributed by atoms with Gasteiger partial charge in [0, 0.05) is 11.8 Å². The zero-order valence-electron chi connectivity index (χ0n) is 11.2. The summed E-state index contributed by atoms with van der Waals surface area (Å²) in [4.78, 5) is 11.6. The average molecular weight is 293 g/mol. The average Bonchev–Trinajstić information content (AvgIpc) is 2.46. The molecule has 0 aliphatic heterocycles. The summed E-state index contributed by atoms with van der Waals surface area (Å²) in [5.41, 5.74) is 5.87. The second-order valence-corrected chi connectivity index (χ2v) is 4.24. The maximum absolute atomic E-state index is 13.5. The summed E-state index contributed by atoms with van der Waals surface area (Å²) in [5, 5.41) is 0. The minimum atomic E-state index is -0.724. The lowest BCUT2D eigenvalue weighted by atomic mass is 10.1. The van der Waals surface area contributed by atoms with E-state index in [-0.39, 0.29) is 23.5 Å². The van der Waals surface area contributed by atoms with Crippen LogP contribution in [-0.2, 0) is 11.3 Å². The van der Waals surface area contributed by atoms with Crippen LogP contribution in [0.4, 0.5) is 14.5 Å². The highest BCUT2D eigenvalue weighted by Gasteiger charge is 2.15. The van der Waals surface area contributed by atoms with Crippen LogP contribution >= 0.6 is 0 Å². The van der Waals surface area contributed by atoms with Crippen molar-refractivity contribution in [2.75, 3.05) is 12.8 Å². The second kappa shape index (κ2) is 6.21. The number of halogens is 2. The highest BCUT2D eigenvalue weighted by atomic mass is 19.1. The van der Waals surface area contributed by atoms with Gasteiger partial charge in [-0.1, -0.05) is 6.07 Å². The van der Waals surface area contributed by atoms with Gasteiger partial charge in [-0.2, -0.15) is 0 Å². The smallest absolute Gasteiger partial charge is 0.341 e. The molecule has 4 nitrogen and oxygen atoms in total. The van der Waals surface area contributed by atoms with Gasteiger partial charge in [-0.3, -0.25) is 0 Å². The molecule has 0 aliphatic rings. The van der Waals surface area contributed by atoms with Crippen LogP contribution in [0.15, 0.2) is 36.4 Å². The molecule has 0 saturated heterocycles. The van der Waals surface area contributed by atoms with Gasteiger partial charge in [0.1, 0.15) is 29.6 Å². The fourth-order valence-electron chi connectivity index (χ4n) is 1.76. The maximum atomic E-state index is 13.5. The molecule has 2 aromatic carbocycles. The Morgan fingerprint density at radius 1 is 1.19 bits per heavy atom. The van der Waals surface area contributed by atoms with Gasteiger partial charge in [0.05, 0.1) is 12.7 Å². The monoisotopic (exact) mass is 293 g/mol. The zero-order chi connectivity index (χ0) is 15.4. The molecule has 0 bridgehead atoms. The summed E-state index contributed by atoms with van der Waals surface area (Å²) in [5.74, 6) is -1.97. The van der Waals surface area contributed by atoms with Crippen molar-refractivity contribution in [2.24, 2.45) is 0 Å². The molecule has 0 unspecified atom stereocenters. The van der Waals surface area contributed by atoms with Crippen LogP contribution in [0.25, 0.3) is 0 Å². The topological polar surface area (TPSA) is 61.5 Å². The van der Waals surface area contributed by atoms with Gasteiger partial charge in [0.25, 0.3) is 0 Å². The van der Waals surface area contributed by atoms with E-state index in [4.69, 9.17) is 10.5 Å². The second-order valence-electron chi connectivity index (χ2n) is 4.24. The molecule has 0 atom stereocenters. The molecule has 0 radical (unpaired) electrons. The van der Waals surface area contributed by atoms with E-state index in [1.807, 2.05) is 0 Å². The van der Waals surface area contributed by atoms with Gasteiger partial charge >= 0.3 is 5.97 Å². The summed E-state index contributed by atoms with van der Waals surface area (Å²) >= 11 is 0. The number of nitrogen functional groups attached to an aromatic ring is 1. The predicted molar refractivity (Wildman–Crippen MR) is 72.9 cm³/mol. The van der Waals surface area contributed by atoms with Crippen molar-refractivity contribution < 1.29 is 23.0 Å². The number of anilines is 1. The van der Waals surface area contributed by atoms with Crippen molar-refractivity contribution in [3.05, 3.63) is 59.2 Å². The number of carbonyl (C=O) groups excluding carboxylic acids is 1. The Balaban J connectivity index is 2.27. The van der Waals surface area contributed by atoms with Crippen LogP contribution in [0.3, 0.4) is 0 Å². The fraction of sp³-hybridized carbons (Fsp3) is 0.133. The minimum absolute atomic E-state index is 0.101. The van der Waals surface area contributed by atoms with Gasteiger partial charge in [0.15, 0.2) is 0 Å². The first-order valence-corrected chi connectivity index (χ1v) is 6.06. The first-order chi connectivity index (χ1) is 10.0. The summed E-state index contributed by atoms with van der Waals surface area (Å²) in [6.45, 7) is -0.369. The van der Waals surface area contributed by atoms with E-state index >= 15 is 0 Å². The Labute approximate surface area is 120 Å². The quantitative estimate of drug-likeness (QED) is 0.695. The van der Waals surface area contributed by atoms with Crippen LogP contribution in [0, 0.1) is 11.6 Å². The van der Waals surface area contributed by atoms with Gasteiger partial charge < -0.3 is 15.2 Å². The number of carbonyl (C=O) groups is 1. The minimum Gasteiger partial charge on any atom is -0.488 e. The molecule has 2 N–H and O–H groups in total. The lowest BCUT2D eigenvalue weighted by molar-refractivity contribution is 0.0595. The van der Waals surface area contributed by atoms with E-state index in [1.165, 1.54) is 31.4 Å². The normalized spacial score (nSPS) is 10.2. The molecule has 0 aromatic heterocycles. The van der Waals surface area contributed by atoms with Crippen molar-refractivity contribution >= 4 is 11.7 Å². The molecule has 0 fully saturated rings. The van der Waals surface area contributed by atoms with E-state index in [2.05, 4.69) is 4.74 Å². The number of nitrogens with two attached hydrogens (primary N) is 1. The third-order valence-electron chi connectivity index (χ3n) is 2.84. The molecule has 0 spiro atoms. The zero-order valence-corrected chi connectivity index (χ0v) is 11.2. The van der Waals surface area contributed by atoms with Gasteiger partial charge in [-0.05, 0) is 24.3 Å². The van der Waals surface area contributed by atoms with Crippen LogP contribution in [0.5, 0.6) is 5.75 Å². The molecular weight excluding hydrogens is 280 g/mol. The number of rotatable bonds is 4. The van der Waals surface area contributed by atoms with Crippen molar-refractivity contribution in [1.29, 1.82) is 0 Å². The number of ether oxygens (including phenoxy) is 2. The number of esters is 1. The van der Waals surface area contributed by atoms with E-state index in [9.17, 15) is 13.6 Å². The van der Waals surface area contributed by atoms with E-state index in [0.717, 1.165) is 12.1 Å². The number of hydrogen-bond donors (Lipinski definition) is 1. The van der Waals surface area contributed by atoms with Gasteiger partial charge in [-0.15, -0.1) is 0 Å². The van der Waals surface area contributed by atoms with Gasteiger partial charge in [0.2, 0.25) is 0 Å². The summed E-state index contributed by atoms with van der Waals surface area (Å²) < 4.78 is 37.0. The summed E-state index contributed by atoms with van der Waals surface area (Å²) in [7, 11) is 1.22. The van der Waals surface area contributed by atoms with Crippen LogP contribution < -0.4 is 10.5 Å². The Morgan fingerprint density at radius 3 is 2.48 bits per heavy atom. The number of benzene rings is 2. The molecule has 2 rings (SSSR count). The van der Waals surface area contributed by atoms with E-state index < -0.39 is 17.6 Å². The summed E-state index contributed by atoms with van der Waals surface area (Å²) in [6, 6.07) is 7.83. The molecule has 6 heteroatoms. The highest BCUT2D eigenvalue weighted by Crippen LogP contribution is 2.24. The molecule has 0 aliphatic carbocycles. The Bertz CT molecular complexity index is 654. The molecular formula is C15H13F2NO3. The first-order valence-electron chi connectivity index (χ1n) is 6.06. The van der Waals surface area contributed by atoms with Gasteiger partial charge in [-0.25, -0.2) is 13.6 Å². The Morgan fingerprint density at radius 2 is 1.86 bits per heavy atom. The molecule has 110 valence electrons. The third kappa shape index (κ3) is 3.28. The molecule has 0 amide bonds. The number of methoxy groups -OCH3 is 1. The molecule has 2 aromatic rings. The van der Waals surface area contributed by atoms with Crippen molar-refractivity contribution in [3.63, 3.8) is 0 Å². The molecule has 0 saturated carbocycles. The van der Waals surface area contributed by atoms with Crippen LogP contribution in [-0.4, -0.2) is 13.1 Å². The number of hydrogen-bond acceptors (Lipinski definition) is 4. The largest absolute Gasteiger partial charge is 0.488 e. The molecule has 0 heterocycles.